The highest BCUT2D eigenvalue weighted by Gasteiger charge is 2.13. The molecule has 0 aliphatic heterocycles. The monoisotopic (exact) mass is 328 g/mol. The fraction of sp³-hybridized carbons (Fsp3) is 0.500. The largest absolute Gasteiger partial charge is 0.495 e. The van der Waals surface area contributed by atoms with E-state index in [1.807, 2.05) is 24.3 Å². The van der Waals surface area contributed by atoms with Crippen LogP contribution in [0.2, 0.25) is 0 Å². The van der Waals surface area contributed by atoms with Crippen LogP contribution in [0.25, 0.3) is 0 Å². The lowest BCUT2D eigenvalue weighted by molar-refractivity contribution is 0.417. The zero-order chi connectivity index (χ0) is 16.6. The van der Waals surface area contributed by atoms with Crippen molar-refractivity contribution in [2.75, 3.05) is 38.3 Å². The van der Waals surface area contributed by atoms with Gasteiger partial charge in [-0.3, -0.25) is 4.99 Å². The number of nitrogens with one attached hydrogen (secondary N) is 1. The molecular weight excluding hydrogens is 304 g/mol. The summed E-state index contributed by atoms with van der Waals surface area (Å²) in [7, 11) is 0.0146. The molecule has 0 spiro atoms. The first-order chi connectivity index (χ1) is 10.4. The Labute approximate surface area is 132 Å². The molecule has 0 aromatic heterocycles. The van der Waals surface area contributed by atoms with Crippen molar-refractivity contribution in [3.63, 3.8) is 0 Å². The second-order valence-corrected chi connectivity index (χ2v) is 7.03. The molecule has 0 unspecified atom stereocenters. The predicted octanol–water partition coefficient (Wildman–Crippen LogP) is 1.09. The third-order valence-electron chi connectivity index (χ3n) is 3.12. The van der Waals surface area contributed by atoms with Crippen LogP contribution in [0.4, 0.5) is 5.69 Å². The zero-order valence-corrected chi connectivity index (χ0v) is 14.1. The van der Waals surface area contributed by atoms with Crippen molar-refractivity contribution in [1.29, 1.82) is 0 Å². The van der Waals surface area contributed by atoms with E-state index in [2.05, 4.69) is 10.3 Å². The molecule has 1 rings (SSSR count). The summed E-state index contributed by atoms with van der Waals surface area (Å²) in [6.07, 6.45) is 0.601. The van der Waals surface area contributed by atoms with Crippen molar-refractivity contribution >= 4 is 21.7 Å². The number of hydrogen-bond donors (Lipinski definition) is 2. The van der Waals surface area contributed by atoms with E-state index in [9.17, 15) is 8.42 Å². The Kier molecular flexibility index (Phi) is 7.13. The Morgan fingerprint density at radius 3 is 2.73 bits per heavy atom. The van der Waals surface area contributed by atoms with Gasteiger partial charge in [-0.2, -0.15) is 0 Å². The van der Waals surface area contributed by atoms with Crippen molar-refractivity contribution in [3.05, 3.63) is 24.3 Å². The number of aliphatic imine (C=N–C) groups is 1. The van der Waals surface area contributed by atoms with E-state index in [1.165, 1.54) is 4.31 Å². The Bertz CT molecular complexity index is 602. The van der Waals surface area contributed by atoms with Crippen LogP contribution >= 0.6 is 0 Å². The van der Waals surface area contributed by atoms with Crippen molar-refractivity contribution in [3.8, 4) is 5.75 Å². The van der Waals surface area contributed by atoms with Crippen LogP contribution in [0, 0.1) is 0 Å². The molecule has 0 fully saturated rings. The van der Waals surface area contributed by atoms with Crippen LogP contribution in [0.3, 0.4) is 0 Å². The van der Waals surface area contributed by atoms with Gasteiger partial charge in [-0.05, 0) is 25.5 Å². The normalized spacial score (nSPS) is 12.5. The molecule has 0 atom stereocenters. The zero-order valence-electron chi connectivity index (χ0n) is 13.2. The summed E-state index contributed by atoms with van der Waals surface area (Å²) in [6, 6.07) is 7.38. The van der Waals surface area contributed by atoms with E-state index in [0.29, 0.717) is 25.3 Å². The van der Waals surface area contributed by atoms with Crippen LogP contribution in [0.15, 0.2) is 29.3 Å². The molecule has 0 aliphatic carbocycles. The van der Waals surface area contributed by atoms with E-state index in [4.69, 9.17) is 10.5 Å². The molecule has 1 aromatic rings. The number of methoxy groups -OCH3 is 1. The number of anilines is 1. The second-order valence-electron chi connectivity index (χ2n) is 4.67. The van der Waals surface area contributed by atoms with Gasteiger partial charge in [0.2, 0.25) is 10.0 Å². The molecule has 3 N–H and O–H groups in total. The van der Waals surface area contributed by atoms with Crippen LogP contribution in [0.5, 0.6) is 5.75 Å². The number of nitrogens with zero attached hydrogens (tertiary/aromatic N) is 2. The molecule has 1 aromatic carbocycles. The minimum absolute atomic E-state index is 0.101. The number of benzene rings is 1. The van der Waals surface area contributed by atoms with Gasteiger partial charge in [0.1, 0.15) is 5.75 Å². The number of rotatable bonds is 8. The highest BCUT2D eigenvalue weighted by atomic mass is 32.2. The van der Waals surface area contributed by atoms with Crippen molar-refractivity contribution in [1.82, 2.24) is 4.31 Å². The molecule has 8 heteroatoms. The lowest BCUT2D eigenvalue weighted by atomic mass is 10.3. The second kappa shape index (κ2) is 8.60. The van der Waals surface area contributed by atoms with Gasteiger partial charge in [0.15, 0.2) is 5.96 Å². The van der Waals surface area contributed by atoms with Crippen LogP contribution in [-0.4, -0.2) is 51.7 Å². The van der Waals surface area contributed by atoms with Crippen molar-refractivity contribution in [2.24, 2.45) is 10.7 Å². The van der Waals surface area contributed by atoms with Gasteiger partial charge in [0.05, 0.1) is 18.6 Å². The number of sulfonamides is 1. The van der Waals surface area contributed by atoms with Gasteiger partial charge < -0.3 is 15.8 Å². The number of guanidine groups is 1. The summed E-state index contributed by atoms with van der Waals surface area (Å²) in [5.74, 6) is 1.05. The maximum absolute atomic E-state index is 11.6. The summed E-state index contributed by atoms with van der Waals surface area (Å²) in [4.78, 5) is 4.18. The van der Waals surface area contributed by atoms with Crippen LogP contribution < -0.4 is 15.8 Å². The first-order valence-corrected chi connectivity index (χ1v) is 8.65. The first-order valence-electron chi connectivity index (χ1n) is 7.04. The summed E-state index contributed by atoms with van der Waals surface area (Å²) >= 11 is 0. The molecule has 0 saturated heterocycles. The Morgan fingerprint density at radius 2 is 2.09 bits per heavy atom. The Hall–Kier alpha value is -1.80. The summed E-state index contributed by atoms with van der Waals surface area (Å²) in [6.45, 7) is 2.48. The van der Waals surface area contributed by atoms with Crippen molar-refractivity contribution < 1.29 is 13.2 Å². The SMILES string of the molecule is CCS(=O)(=O)N(C)CCCN=C(N)Nc1ccccc1OC. The molecule has 7 nitrogen and oxygen atoms in total. The quantitative estimate of drug-likeness (QED) is 0.423. The highest BCUT2D eigenvalue weighted by molar-refractivity contribution is 7.89. The molecule has 124 valence electrons. The van der Waals surface area contributed by atoms with Gasteiger partial charge in [-0.1, -0.05) is 12.1 Å². The van der Waals surface area contributed by atoms with Gasteiger partial charge in [-0.25, -0.2) is 12.7 Å². The van der Waals surface area contributed by atoms with E-state index in [-0.39, 0.29) is 11.7 Å². The lowest BCUT2D eigenvalue weighted by Gasteiger charge is -2.15. The van der Waals surface area contributed by atoms with Crippen LogP contribution in [-0.2, 0) is 10.0 Å². The van der Waals surface area contributed by atoms with Crippen LogP contribution in [0.1, 0.15) is 13.3 Å². The fourth-order valence-electron chi connectivity index (χ4n) is 1.78. The topological polar surface area (TPSA) is 97.0 Å². The number of ether oxygens (including phenoxy) is 1. The molecule has 0 heterocycles. The molecule has 0 amide bonds. The smallest absolute Gasteiger partial charge is 0.213 e. The Morgan fingerprint density at radius 1 is 1.41 bits per heavy atom. The lowest BCUT2D eigenvalue weighted by Crippen LogP contribution is -2.30. The molecular formula is C14H24N4O3S. The summed E-state index contributed by atoms with van der Waals surface area (Å²) in [5, 5.41) is 2.96. The van der Waals surface area contributed by atoms with E-state index < -0.39 is 10.0 Å². The third kappa shape index (κ3) is 5.53. The van der Waals surface area contributed by atoms with E-state index in [0.717, 1.165) is 5.69 Å². The first kappa shape index (κ1) is 18.2. The van der Waals surface area contributed by atoms with Crippen molar-refractivity contribution in [2.45, 2.75) is 13.3 Å². The minimum atomic E-state index is -3.14. The standard InChI is InChI=1S/C14H24N4O3S/c1-4-22(19,20)18(2)11-7-10-16-14(15)17-12-8-5-6-9-13(12)21-3/h5-6,8-9H,4,7,10-11H2,1-3H3,(H3,15,16,17). The third-order valence-corrected chi connectivity index (χ3v) is 4.98. The van der Waals surface area contributed by atoms with E-state index in [1.54, 1.807) is 21.1 Å². The number of nitrogens with two attached hydrogens (primary N) is 1. The molecule has 0 aliphatic rings. The predicted molar refractivity (Wildman–Crippen MR) is 89.8 cm³/mol. The summed E-state index contributed by atoms with van der Waals surface area (Å²) < 4.78 is 29.7. The van der Waals surface area contributed by atoms with Gasteiger partial charge in [0.25, 0.3) is 0 Å². The maximum Gasteiger partial charge on any atom is 0.213 e. The van der Waals surface area contributed by atoms with E-state index >= 15 is 0 Å². The van der Waals surface area contributed by atoms with Gasteiger partial charge in [-0.15, -0.1) is 0 Å². The van der Waals surface area contributed by atoms with Gasteiger partial charge >= 0.3 is 0 Å². The average Bonchev–Trinajstić information content (AvgIpc) is 2.51. The molecule has 0 saturated carbocycles. The fourth-order valence-corrected chi connectivity index (χ4v) is 2.63. The number of hydrogen-bond acceptors (Lipinski definition) is 4. The average molecular weight is 328 g/mol. The highest BCUT2D eigenvalue weighted by Crippen LogP contribution is 2.22. The molecule has 22 heavy (non-hydrogen) atoms. The number of para-hydroxylation sites is 2. The summed E-state index contributed by atoms with van der Waals surface area (Å²) in [5.41, 5.74) is 6.54. The Balaban J connectivity index is 2.47. The molecule has 0 radical (unpaired) electrons. The molecule has 0 bridgehead atoms. The maximum atomic E-state index is 11.6. The van der Waals surface area contributed by atoms with Gasteiger partial charge in [0, 0.05) is 20.1 Å². The minimum Gasteiger partial charge on any atom is -0.495 e.